The van der Waals surface area contributed by atoms with E-state index in [0.29, 0.717) is 5.13 Å². The number of benzene rings is 1. The van der Waals surface area contributed by atoms with Gasteiger partial charge in [0.05, 0.1) is 5.69 Å². The third-order valence-electron chi connectivity index (χ3n) is 3.33. The number of halogens is 3. The van der Waals surface area contributed by atoms with Gasteiger partial charge < -0.3 is 5.32 Å². The second-order valence-corrected chi connectivity index (χ2v) is 6.21. The van der Waals surface area contributed by atoms with E-state index in [4.69, 9.17) is 0 Å². The van der Waals surface area contributed by atoms with Crippen molar-refractivity contribution < 1.29 is 18.0 Å². The number of amides is 1. The molecule has 9 heteroatoms. The number of rotatable bonds is 4. The molecule has 0 atom stereocenters. The molecule has 0 saturated heterocycles. The van der Waals surface area contributed by atoms with Crippen LogP contribution in [-0.2, 0) is 17.5 Å². The van der Waals surface area contributed by atoms with Crippen molar-refractivity contribution in [2.24, 2.45) is 0 Å². The van der Waals surface area contributed by atoms with Gasteiger partial charge in [-0.2, -0.15) is 18.3 Å². The minimum absolute atomic E-state index is 0.324. The molecule has 1 aromatic carbocycles. The number of carbonyl (C=O) groups is 1. The predicted octanol–water partition coefficient (Wildman–Crippen LogP) is 3.97. The normalized spacial score (nSPS) is 11.5. The molecule has 1 N–H and O–H groups in total. The summed E-state index contributed by atoms with van der Waals surface area (Å²) in [5.74, 6) is -0.498. The lowest BCUT2D eigenvalue weighted by molar-refractivity contribution is -0.141. The average Bonchev–Trinajstić information content (AvgIpc) is 3.17. The highest BCUT2D eigenvalue weighted by molar-refractivity contribution is 7.14. The zero-order chi connectivity index (χ0) is 18.0. The van der Waals surface area contributed by atoms with Gasteiger partial charge in [-0.15, -0.1) is 11.3 Å². The minimum Gasteiger partial charge on any atom is -0.300 e. The fraction of sp³-hybridized carbons (Fsp3) is 0.188. The van der Waals surface area contributed by atoms with E-state index in [1.807, 2.05) is 31.2 Å². The first-order valence-electron chi connectivity index (χ1n) is 7.24. The number of thiazole rings is 1. The number of aryl methyl sites for hydroxylation is 1. The molecule has 0 unspecified atom stereocenters. The summed E-state index contributed by atoms with van der Waals surface area (Å²) < 4.78 is 38.4. The van der Waals surface area contributed by atoms with Crippen LogP contribution in [0.5, 0.6) is 0 Å². The van der Waals surface area contributed by atoms with Crippen molar-refractivity contribution >= 4 is 22.4 Å². The SMILES string of the molecule is Cc1ccc(-c2csc(NC(=O)Cn3ccc(C(F)(F)F)n3)n2)cc1. The van der Waals surface area contributed by atoms with E-state index in [1.165, 1.54) is 11.3 Å². The van der Waals surface area contributed by atoms with Crippen LogP contribution in [0.25, 0.3) is 11.3 Å². The maximum absolute atomic E-state index is 12.5. The van der Waals surface area contributed by atoms with E-state index >= 15 is 0 Å². The zero-order valence-electron chi connectivity index (χ0n) is 13.0. The van der Waals surface area contributed by atoms with Crippen LogP contribution >= 0.6 is 11.3 Å². The largest absolute Gasteiger partial charge is 0.435 e. The summed E-state index contributed by atoms with van der Waals surface area (Å²) >= 11 is 1.24. The monoisotopic (exact) mass is 366 g/mol. The Morgan fingerprint density at radius 3 is 2.60 bits per heavy atom. The van der Waals surface area contributed by atoms with Gasteiger partial charge in [-0.05, 0) is 13.0 Å². The van der Waals surface area contributed by atoms with E-state index in [9.17, 15) is 18.0 Å². The number of carbonyl (C=O) groups excluding carboxylic acids is 1. The van der Waals surface area contributed by atoms with Gasteiger partial charge in [-0.1, -0.05) is 29.8 Å². The molecule has 3 rings (SSSR count). The molecular formula is C16H13F3N4OS. The van der Waals surface area contributed by atoms with Gasteiger partial charge in [0.1, 0.15) is 6.54 Å². The minimum atomic E-state index is -4.53. The second kappa shape index (κ2) is 6.67. The Kier molecular flexibility index (Phi) is 4.58. The molecule has 0 aliphatic rings. The first-order chi connectivity index (χ1) is 11.8. The molecule has 2 heterocycles. The van der Waals surface area contributed by atoms with Crippen molar-refractivity contribution in [3.8, 4) is 11.3 Å². The van der Waals surface area contributed by atoms with E-state index < -0.39 is 17.8 Å². The van der Waals surface area contributed by atoms with Crippen molar-refractivity contribution in [1.29, 1.82) is 0 Å². The quantitative estimate of drug-likeness (QED) is 0.760. The van der Waals surface area contributed by atoms with Crippen LogP contribution in [0, 0.1) is 6.92 Å². The summed E-state index contributed by atoms with van der Waals surface area (Å²) in [5.41, 5.74) is 1.74. The predicted molar refractivity (Wildman–Crippen MR) is 88.1 cm³/mol. The molecule has 2 aromatic heterocycles. The van der Waals surface area contributed by atoms with E-state index in [0.717, 1.165) is 33.8 Å². The number of nitrogens with one attached hydrogen (secondary N) is 1. The lowest BCUT2D eigenvalue weighted by Gasteiger charge is -2.03. The molecule has 0 aliphatic carbocycles. The van der Waals surface area contributed by atoms with Crippen LogP contribution in [0.4, 0.5) is 18.3 Å². The summed E-state index contributed by atoms with van der Waals surface area (Å²) in [6.07, 6.45) is -3.41. The van der Waals surface area contributed by atoms with Gasteiger partial charge in [-0.25, -0.2) is 4.98 Å². The lowest BCUT2D eigenvalue weighted by atomic mass is 10.1. The first-order valence-corrected chi connectivity index (χ1v) is 8.12. The van der Waals surface area contributed by atoms with Crippen LogP contribution < -0.4 is 5.32 Å². The van der Waals surface area contributed by atoms with Crippen LogP contribution in [0.2, 0.25) is 0 Å². The van der Waals surface area contributed by atoms with Crippen LogP contribution in [0.1, 0.15) is 11.3 Å². The van der Waals surface area contributed by atoms with Gasteiger partial charge in [0.2, 0.25) is 5.91 Å². The maximum atomic E-state index is 12.5. The zero-order valence-corrected chi connectivity index (χ0v) is 13.9. The fourth-order valence-corrected chi connectivity index (χ4v) is 2.83. The fourth-order valence-electron chi connectivity index (χ4n) is 2.09. The standard InChI is InChI=1S/C16H13F3N4OS/c1-10-2-4-11(5-3-10)12-9-25-15(20-12)21-14(24)8-23-7-6-13(22-23)16(17,18)19/h2-7,9H,8H2,1H3,(H,20,21,24). The van der Waals surface area contributed by atoms with Crippen molar-refractivity contribution in [1.82, 2.24) is 14.8 Å². The highest BCUT2D eigenvalue weighted by Crippen LogP contribution is 2.27. The molecule has 5 nitrogen and oxygen atoms in total. The van der Waals surface area contributed by atoms with E-state index in [-0.39, 0.29) is 6.54 Å². The van der Waals surface area contributed by atoms with Crippen molar-refractivity contribution in [2.75, 3.05) is 5.32 Å². The third-order valence-corrected chi connectivity index (χ3v) is 4.09. The molecule has 0 spiro atoms. The number of hydrogen-bond acceptors (Lipinski definition) is 4. The number of aromatic nitrogens is 3. The Morgan fingerprint density at radius 2 is 1.96 bits per heavy atom. The number of nitrogens with zero attached hydrogens (tertiary/aromatic N) is 3. The van der Waals surface area contributed by atoms with Gasteiger partial charge >= 0.3 is 6.18 Å². The molecule has 130 valence electrons. The maximum Gasteiger partial charge on any atom is 0.435 e. The highest BCUT2D eigenvalue weighted by atomic mass is 32.1. The van der Waals surface area contributed by atoms with Crippen molar-refractivity contribution in [3.05, 3.63) is 53.2 Å². The van der Waals surface area contributed by atoms with Crippen LogP contribution in [0.15, 0.2) is 41.9 Å². The number of anilines is 1. The van der Waals surface area contributed by atoms with Crippen molar-refractivity contribution in [2.45, 2.75) is 19.6 Å². The topological polar surface area (TPSA) is 59.8 Å². The second-order valence-electron chi connectivity index (χ2n) is 5.35. The van der Waals surface area contributed by atoms with Crippen molar-refractivity contribution in [3.63, 3.8) is 0 Å². The van der Waals surface area contributed by atoms with E-state index in [2.05, 4.69) is 15.4 Å². The molecule has 1 amide bonds. The average molecular weight is 366 g/mol. The summed E-state index contributed by atoms with van der Waals surface area (Å²) in [6.45, 7) is 1.66. The summed E-state index contributed by atoms with van der Waals surface area (Å²) in [5, 5.41) is 8.08. The molecule has 0 saturated carbocycles. The lowest BCUT2D eigenvalue weighted by Crippen LogP contribution is -2.19. The Balaban J connectivity index is 1.64. The summed E-state index contributed by atoms with van der Waals surface area (Å²) in [7, 11) is 0. The summed E-state index contributed by atoms with van der Waals surface area (Å²) in [4.78, 5) is 16.3. The molecule has 0 bridgehead atoms. The molecule has 0 radical (unpaired) electrons. The van der Waals surface area contributed by atoms with Gasteiger partial charge in [0, 0.05) is 17.1 Å². The Morgan fingerprint density at radius 1 is 1.24 bits per heavy atom. The van der Waals surface area contributed by atoms with Gasteiger partial charge in [0.25, 0.3) is 0 Å². The van der Waals surface area contributed by atoms with Crippen LogP contribution in [-0.4, -0.2) is 20.7 Å². The summed E-state index contributed by atoms with van der Waals surface area (Å²) in [6, 6.07) is 8.61. The first kappa shape index (κ1) is 17.2. The Labute approximate surface area is 145 Å². The smallest absolute Gasteiger partial charge is 0.300 e. The molecule has 25 heavy (non-hydrogen) atoms. The molecule has 0 fully saturated rings. The Hall–Kier alpha value is -2.68. The number of alkyl halides is 3. The molecule has 3 aromatic rings. The molecule has 0 aliphatic heterocycles. The number of hydrogen-bond donors (Lipinski definition) is 1. The van der Waals surface area contributed by atoms with Crippen LogP contribution in [0.3, 0.4) is 0 Å². The highest BCUT2D eigenvalue weighted by Gasteiger charge is 2.33. The third kappa shape index (κ3) is 4.24. The van der Waals surface area contributed by atoms with Gasteiger partial charge in [-0.3, -0.25) is 9.48 Å². The van der Waals surface area contributed by atoms with E-state index in [1.54, 1.807) is 5.38 Å². The Bertz CT molecular complexity index is 883. The van der Waals surface area contributed by atoms with Gasteiger partial charge in [0.15, 0.2) is 10.8 Å². The molecular weight excluding hydrogens is 353 g/mol.